The number of anilines is 1. The number of hydrogen-bond acceptors (Lipinski definition) is 3. The maximum atomic E-state index is 12.9. The molecule has 0 fully saturated rings. The molecule has 2 N–H and O–H groups in total. The van der Waals surface area contributed by atoms with Gasteiger partial charge in [-0.25, -0.2) is 17.2 Å². The van der Waals surface area contributed by atoms with E-state index in [1.165, 1.54) is 0 Å². The van der Waals surface area contributed by atoms with Gasteiger partial charge in [0.05, 0.1) is 11.4 Å². The van der Waals surface area contributed by atoms with Crippen molar-refractivity contribution >= 4 is 15.7 Å². The number of nitrogens with one attached hydrogen (secondary N) is 2. The van der Waals surface area contributed by atoms with Crippen LogP contribution in [0.15, 0.2) is 18.2 Å². The van der Waals surface area contributed by atoms with Gasteiger partial charge in [0.25, 0.3) is 0 Å². The van der Waals surface area contributed by atoms with Crippen LogP contribution in [0, 0.1) is 11.6 Å². The minimum Gasteiger partial charge on any atom is -0.313 e. The molecule has 4 nitrogen and oxygen atoms in total. The summed E-state index contributed by atoms with van der Waals surface area (Å²) in [6.45, 7) is 4.05. The van der Waals surface area contributed by atoms with E-state index in [4.69, 9.17) is 0 Å². The quantitative estimate of drug-likeness (QED) is 0.832. The summed E-state index contributed by atoms with van der Waals surface area (Å²) in [4.78, 5) is 0. The van der Waals surface area contributed by atoms with Crippen LogP contribution in [0.1, 0.15) is 13.8 Å². The molecule has 0 atom stereocenters. The van der Waals surface area contributed by atoms with Gasteiger partial charge in [-0.15, -0.1) is 0 Å². The standard InChI is InChI=1S/C11H16F2N2O2S/c1-8(2)14-3-4-18(16,17)15-11-6-9(12)5-10(13)7-11/h5-8,14-15H,3-4H2,1-2H3. The molecular formula is C11H16F2N2O2S. The van der Waals surface area contributed by atoms with Gasteiger partial charge in [0, 0.05) is 18.7 Å². The Morgan fingerprint density at radius 3 is 2.22 bits per heavy atom. The molecule has 7 heteroatoms. The highest BCUT2D eigenvalue weighted by Gasteiger charge is 2.11. The predicted octanol–water partition coefficient (Wildman–Crippen LogP) is 1.70. The van der Waals surface area contributed by atoms with E-state index in [9.17, 15) is 17.2 Å². The van der Waals surface area contributed by atoms with Gasteiger partial charge >= 0.3 is 0 Å². The Balaban J connectivity index is 2.64. The zero-order chi connectivity index (χ0) is 13.8. The van der Waals surface area contributed by atoms with Gasteiger partial charge in [0.1, 0.15) is 11.6 Å². The minimum absolute atomic E-state index is 0.114. The zero-order valence-electron chi connectivity index (χ0n) is 10.2. The predicted molar refractivity (Wildman–Crippen MR) is 66.9 cm³/mol. The van der Waals surface area contributed by atoms with Crippen LogP contribution < -0.4 is 10.0 Å². The van der Waals surface area contributed by atoms with Crippen molar-refractivity contribution in [1.82, 2.24) is 5.32 Å². The number of benzene rings is 1. The van der Waals surface area contributed by atoms with Gasteiger partial charge in [-0.2, -0.15) is 0 Å². The first-order valence-corrected chi connectivity index (χ1v) is 7.14. The lowest BCUT2D eigenvalue weighted by Crippen LogP contribution is -2.30. The fraction of sp³-hybridized carbons (Fsp3) is 0.455. The molecule has 0 amide bonds. The Morgan fingerprint density at radius 1 is 1.17 bits per heavy atom. The van der Waals surface area contributed by atoms with Gasteiger partial charge in [0.2, 0.25) is 10.0 Å². The minimum atomic E-state index is -3.61. The first-order valence-electron chi connectivity index (χ1n) is 5.48. The lowest BCUT2D eigenvalue weighted by molar-refractivity contribution is 0.580. The summed E-state index contributed by atoms with van der Waals surface area (Å²) in [6, 6.07) is 2.71. The van der Waals surface area contributed by atoms with E-state index < -0.39 is 21.7 Å². The Hall–Kier alpha value is -1.21. The lowest BCUT2D eigenvalue weighted by atomic mass is 10.3. The lowest BCUT2D eigenvalue weighted by Gasteiger charge is -2.10. The van der Waals surface area contributed by atoms with Gasteiger partial charge in [-0.1, -0.05) is 13.8 Å². The molecule has 0 heterocycles. The van der Waals surface area contributed by atoms with Crippen molar-refractivity contribution in [3.63, 3.8) is 0 Å². The number of rotatable bonds is 6. The molecule has 1 rings (SSSR count). The van der Waals surface area contributed by atoms with E-state index in [0.29, 0.717) is 6.07 Å². The summed E-state index contributed by atoms with van der Waals surface area (Å²) in [7, 11) is -3.61. The van der Waals surface area contributed by atoms with Crippen LogP contribution in [0.3, 0.4) is 0 Å². The van der Waals surface area contributed by atoms with Crippen molar-refractivity contribution in [2.75, 3.05) is 17.0 Å². The van der Waals surface area contributed by atoms with E-state index in [1.807, 2.05) is 13.8 Å². The van der Waals surface area contributed by atoms with E-state index >= 15 is 0 Å². The monoisotopic (exact) mass is 278 g/mol. The molecule has 0 aliphatic heterocycles. The molecule has 18 heavy (non-hydrogen) atoms. The second-order valence-corrected chi connectivity index (χ2v) is 6.03. The molecule has 0 unspecified atom stereocenters. The van der Waals surface area contributed by atoms with Gasteiger partial charge in [-0.3, -0.25) is 4.72 Å². The van der Waals surface area contributed by atoms with Crippen LogP contribution in [0.4, 0.5) is 14.5 Å². The molecule has 0 spiro atoms. The van der Waals surface area contributed by atoms with Crippen molar-refractivity contribution in [3.8, 4) is 0 Å². The Bertz CT molecular complexity index is 484. The fourth-order valence-corrected chi connectivity index (χ4v) is 2.29. The summed E-state index contributed by atoms with van der Waals surface area (Å²) in [5, 5.41) is 2.94. The van der Waals surface area contributed by atoms with Gasteiger partial charge in [-0.05, 0) is 12.1 Å². The number of halogens is 2. The molecule has 0 aromatic heterocycles. The van der Waals surface area contributed by atoms with Crippen molar-refractivity contribution < 1.29 is 17.2 Å². The molecule has 0 saturated carbocycles. The second-order valence-electron chi connectivity index (χ2n) is 4.19. The molecule has 0 radical (unpaired) electrons. The Morgan fingerprint density at radius 2 is 1.72 bits per heavy atom. The topological polar surface area (TPSA) is 58.2 Å². The smallest absolute Gasteiger partial charge is 0.233 e. The van der Waals surface area contributed by atoms with Crippen LogP contribution in [0.2, 0.25) is 0 Å². The van der Waals surface area contributed by atoms with Crippen LogP contribution in [0.5, 0.6) is 0 Å². The van der Waals surface area contributed by atoms with Crippen molar-refractivity contribution in [3.05, 3.63) is 29.8 Å². The third kappa shape index (κ3) is 5.42. The average molecular weight is 278 g/mol. The van der Waals surface area contributed by atoms with E-state index in [1.54, 1.807) is 0 Å². The van der Waals surface area contributed by atoms with Crippen molar-refractivity contribution in [2.45, 2.75) is 19.9 Å². The molecule has 0 bridgehead atoms. The molecule has 1 aromatic carbocycles. The van der Waals surface area contributed by atoms with Crippen LogP contribution in [-0.4, -0.2) is 26.8 Å². The Kier molecular flexibility index (Phi) is 5.03. The largest absolute Gasteiger partial charge is 0.313 e. The van der Waals surface area contributed by atoms with E-state index in [-0.39, 0.29) is 24.0 Å². The first-order chi connectivity index (χ1) is 8.28. The summed E-state index contributed by atoms with van der Waals surface area (Å²) in [5.74, 6) is -1.82. The maximum Gasteiger partial charge on any atom is 0.233 e. The molecule has 102 valence electrons. The summed E-state index contributed by atoms with van der Waals surface area (Å²) < 4.78 is 51.1. The zero-order valence-corrected chi connectivity index (χ0v) is 11.0. The second kappa shape index (κ2) is 6.10. The SMILES string of the molecule is CC(C)NCCS(=O)(=O)Nc1cc(F)cc(F)c1. The summed E-state index contributed by atoms with van der Waals surface area (Å²) in [6.07, 6.45) is 0. The average Bonchev–Trinajstić information content (AvgIpc) is 2.12. The highest BCUT2D eigenvalue weighted by Crippen LogP contribution is 2.14. The van der Waals surface area contributed by atoms with Crippen molar-refractivity contribution in [1.29, 1.82) is 0 Å². The molecule has 0 saturated heterocycles. The molecule has 1 aromatic rings. The molecular weight excluding hydrogens is 262 g/mol. The number of sulfonamides is 1. The van der Waals surface area contributed by atoms with E-state index in [0.717, 1.165) is 12.1 Å². The third-order valence-corrected chi connectivity index (χ3v) is 3.35. The van der Waals surface area contributed by atoms with Crippen LogP contribution in [0.25, 0.3) is 0 Å². The van der Waals surface area contributed by atoms with E-state index in [2.05, 4.69) is 10.0 Å². The molecule has 0 aliphatic rings. The highest BCUT2D eigenvalue weighted by molar-refractivity contribution is 7.92. The summed E-state index contributed by atoms with van der Waals surface area (Å²) >= 11 is 0. The third-order valence-electron chi connectivity index (χ3n) is 2.06. The number of hydrogen-bond donors (Lipinski definition) is 2. The van der Waals surface area contributed by atoms with Gasteiger partial charge in [0.15, 0.2) is 0 Å². The first kappa shape index (κ1) is 14.8. The highest BCUT2D eigenvalue weighted by atomic mass is 32.2. The Labute approximate surface area is 105 Å². The molecule has 0 aliphatic carbocycles. The maximum absolute atomic E-state index is 12.9. The van der Waals surface area contributed by atoms with Crippen LogP contribution in [-0.2, 0) is 10.0 Å². The van der Waals surface area contributed by atoms with Crippen molar-refractivity contribution in [2.24, 2.45) is 0 Å². The van der Waals surface area contributed by atoms with Crippen LogP contribution >= 0.6 is 0 Å². The summed E-state index contributed by atoms with van der Waals surface area (Å²) in [5.41, 5.74) is -0.114. The normalized spacial score (nSPS) is 11.8. The fourth-order valence-electron chi connectivity index (χ4n) is 1.33. The van der Waals surface area contributed by atoms with Gasteiger partial charge < -0.3 is 5.32 Å².